The van der Waals surface area contributed by atoms with Gasteiger partial charge in [0.05, 0.1) is 11.1 Å². The second kappa shape index (κ2) is 7.47. The van der Waals surface area contributed by atoms with Crippen molar-refractivity contribution in [3.05, 3.63) is 23.4 Å². The van der Waals surface area contributed by atoms with Gasteiger partial charge >= 0.3 is 0 Å². The molecule has 4 rings (SSSR count). The van der Waals surface area contributed by atoms with Gasteiger partial charge in [-0.05, 0) is 31.4 Å². The lowest BCUT2D eigenvalue weighted by atomic mass is 9.55. The van der Waals surface area contributed by atoms with Crippen molar-refractivity contribution < 1.29 is 4.74 Å². The van der Waals surface area contributed by atoms with E-state index in [0.29, 0.717) is 29.1 Å². The zero-order valence-electron chi connectivity index (χ0n) is 16.4. The molecule has 1 saturated carbocycles. The van der Waals surface area contributed by atoms with E-state index in [1.807, 2.05) is 19.2 Å². The number of nitrogens with zero attached hydrogens (tertiary/aromatic N) is 3. The highest BCUT2D eigenvalue weighted by Crippen LogP contribution is 2.51. The first-order chi connectivity index (χ1) is 13.0. The molecule has 3 fully saturated rings. The average molecular weight is 392 g/mol. The first-order valence-electron chi connectivity index (χ1n) is 9.97. The standard InChI is InChI=1S/C20H30ClN5O/c1-20(2)16(14-6-5-11-27-17(14)20)25-19(22-3)24-13-8-10-26(12-13)18-15(21)7-4-9-23-18/h4,7,9,13-14,16-17H,5-6,8,10-12H2,1-3H3,(H2,22,24,25). The summed E-state index contributed by atoms with van der Waals surface area (Å²) in [5, 5.41) is 8.00. The predicted octanol–water partition coefficient (Wildman–Crippen LogP) is 2.68. The molecule has 0 aromatic carbocycles. The predicted molar refractivity (Wildman–Crippen MR) is 110 cm³/mol. The van der Waals surface area contributed by atoms with Crippen molar-refractivity contribution in [3.63, 3.8) is 0 Å². The SMILES string of the molecule is CN=C(NC1CCN(c2ncccc2Cl)C1)NC1C2CCCOC2C1(C)C. The lowest BCUT2D eigenvalue weighted by Crippen LogP contribution is -2.71. The van der Waals surface area contributed by atoms with E-state index in [0.717, 1.165) is 44.3 Å². The summed E-state index contributed by atoms with van der Waals surface area (Å²) in [6.45, 7) is 7.31. The third-order valence-corrected chi connectivity index (χ3v) is 6.71. The van der Waals surface area contributed by atoms with Crippen LogP contribution in [0, 0.1) is 11.3 Å². The number of pyridine rings is 1. The van der Waals surface area contributed by atoms with E-state index in [-0.39, 0.29) is 5.41 Å². The smallest absolute Gasteiger partial charge is 0.191 e. The number of hydrogen-bond donors (Lipinski definition) is 2. The number of halogens is 1. The fraction of sp³-hybridized carbons (Fsp3) is 0.700. The van der Waals surface area contributed by atoms with Gasteiger partial charge in [-0.1, -0.05) is 25.4 Å². The van der Waals surface area contributed by atoms with Crippen molar-refractivity contribution in [1.82, 2.24) is 15.6 Å². The van der Waals surface area contributed by atoms with E-state index in [2.05, 4.69) is 39.4 Å². The first kappa shape index (κ1) is 18.8. The Hall–Kier alpha value is -1.53. The second-order valence-electron chi connectivity index (χ2n) is 8.50. The van der Waals surface area contributed by atoms with E-state index in [1.165, 1.54) is 6.42 Å². The van der Waals surface area contributed by atoms with Gasteiger partial charge in [0, 0.05) is 56.4 Å². The van der Waals surface area contributed by atoms with Crippen LogP contribution in [0.4, 0.5) is 5.82 Å². The van der Waals surface area contributed by atoms with Crippen molar-refractivity contribution in [3.8, 4) is 0 Å². The Kier molecular flexibility index (Phi) is 5.21. The monoisotopic (exact) mass is 391 g/mol. The zero-order valence-corrected chi connectivity index (χ0v) is 17.2. The highest BCUT2D eigenvalue weighted by molar-refractivity contribution is 6.32. The molecule has 3 heterocycles. The third-order valence-electron chi connectivity index (χ3n) is 6.41. The Labute approximate surface area is 166 Å². The largest absolute Gasteiger partial charge is 0.377 e. The van der Waals surface area contributed by atoms with Crippen LogP contribution in [0.2, 0.25) is 5.02 Å². The van der Waals surface area contributed by atoms with Crippen molar-refractivity contribution in [2.24, 2.45) is 16.3 Å². The lowest BCUT2D eigenvalue weighted by Gasteiger charge is -2.60. The van der Waals surface area contributed by atoms with E-state index in [4.69, 9.17) is 16.3 Å². The molecule has 3 aliphatic rings. The van der Waals surface area contributed by atoms with Gasteiger partial charge < -0.3 is 20.3 Å². The Balaban J connectivity index is 1.36. The van der Waals surface area contributed by atoms with Gasteiger partial charge in [-0.2, -0.15) is 0 Å². The molecule has 1 aliphatic carbocycles. The molecule has 4 atom stereocenters. The van der Waals surface area contributed by atoms with Crippen LogP contribution in [0.1, 0.15) is 33.1 Å². The van der Waals surface area contributed by atoms with E-state index >= 15 is 0 Å². The third kappa shape index (κ3) is 3.49. The highest BCUT2D eigenvalue weighted by atomic mass is 35.5. The van der Waals surface area contributed by atoms with Crippen LogP contribution in [0.3, 0.4) is 0 Å². The normalized spacial score (nSPS) is 32.6. The molecule has 0 spiro atoms. The summed E-state index contributed by atoms with van der Waals surface area (Å²) in [7, 11) is 1.85. The number of fused-ring (bicyclic) bond motifs is 1. The lowest BCUT2D eigenvalue weighted by molar-refractivity contribution is -0.188. The van der Waals surface area contributed by atoms with E-state index in [9.17, 15) is 0 Å². The maximum absolute atomic E-state index is 6.30. The molecule has 0 amide bonds. The molecule has 1 aromatic heterocycles. The molecule has 7 heteroatoms. The first-order valence-corrected chi connectivity index (χ1v) is 10.4. The number of ether oxygens (including phenoxy) is 1. The molecule has 2 N–H and O–H groups in total. The summed E-state index contributed by atoms with van der Waals surface area (Å²) in [6, 6.07) is 4.49. The maximum atomic E-state index is 6.30. The number of guanidine groups is 1. The van der Waals surface area contributed by atoms with Gasteiger partial charge in [0.15, 0.2) is 5.96 Å². The van der Waals surface area contributed by atoms with Crippen LogP contribution in [0.25, 0.3) is 0 Å². The van der Waals surface area contributed by atoms with Crippen LogP contribution < -0.4 is 15.5 Å². The number of anilines is 1. The van der Waals surface area contributed by atoms with Gasteiger partial charge in [0.1, 0.15) is 5.82 Å². The van der Waals surface area contributed by atoms with Gasteiger partial charge in [0.25, 0.3) is 0 Å². The quantitative estimate of drug-likeness (QED) is 0.612. The topological polar surface area (TPSA) is 61.8 Å². The molecular weight excluding hydrogens is 362 g/mol. The van der Waals surface area contributed by atoms with Crippen LogP contribution >= 0.6 is 11.6 Å². The van der Waals surface area contributed by atoms with Crippen molar-refractivity contribution >= 4 is 23.4 Å². The highest BCUT2D eigenvalue weighted by Gasteiger charge is 2.58. The summed E-state index contributed by atoms with van der Waals surface area (Å²) in [4.78, 5) is 11.2. The van der Waals surface area contributed by atoms with Gasteiger partial charge in [-0.15, -0.1) is 0 Å². The molecule has 4 unspecified atom stereocenters. The Bertz CT molecular complexity index is 709. The van der Waals surface area contributed by atoms with E-state index < -0.39 is 0 Å². The van der Waals surface area contributed by atoms with Crippen LogP contribution in [0.5, 0.6) is 0 Å². The van der Waals surface area contributed by atoms with Gasteiger partial charge in [0.2, 0.25) is 0 Å². The van der Waals surface area contributed by atoms with E-state index in [1.54, 1.807) is 6.20 Å². The Morgan fingerprint density at radius 1 is 1.37 bits per heavy atom. The minimum atomic E-state index is 0.131. The van der Waals surface area contributed by atoms with Gasteiger partial charge in [-0.25, -0.2) is 4.98 Å². The number of aliphatic imine (C=N–C) groups is 1. The molecule has 2 aliphatic heterocycles. The summed E-state index contributed by atoms with van der Waals surface area (Å²) in [5.41, 5.74) is 0.131. The Morgan fingerprint density at radius 3 is 3.00 bits per heavy atom. The summed E-state index contributed by atoms with van der Waals surface area (Å²) in [5.74, 6) is 2.34. The summed E-state index contributed by atoms with van der Waals surface area (Å²) < 4.78 is 6.02. The molecular formula is C20H30ClN5O. The molecule has 27 heavy (non-hydrogen) atoms. The molecule has 0 radical (unpaired) electrons. The second-order valence-corrected chi connectivity index (χ2v) is 8.91. The number of hydrogen-bond acceptors (Lipinski definition) is 4. The van der Waals surface area contributed by atoms with Crippen molar-refractivity contribution in [1.29, 1.82) is 0 Å². The molecule has 148 valence electrons. The fourth-order valence-corrected chi connectivity index (χ4v) is 5.25. The fourth-order valence-electron chi connectivity index (χ4n) is 5.01. The van der Waals surface area contributed by atoms with Crippen molar-refractivity contribution in [2.45, 2.75) is 51.3 Å². The number of rotatable bonds is 3. The average Bonchev–Trinajstić information content (AvgIpc) is 3.13. The van der Waals surface area contributed by atoms with Crippen molar-refractivity contribution in [2.75, 3.05) is 31.6 Å². The van der Waals surface area contributed by atoms with Crippen LogP contribution in [0.15, 0.2) is 23.3 Å². The minimum absolute atomic E-state index is 0.131. The maximum Gasteiger partial charge on any atom is 0.191 e. The van der Waals surface area contributed by atoms with Crippen LogP contribution in [-0.2, 0) is 4.74 Å². The number of aromatic nitrogens is 1. The molecule has 1 aromatic rings. The molecule has 2 saturated heterocycles. The molecule has 6 nitrogen and oxygen atoms in total. The minimum Gasteiger partial charge on any atom is -0.377 e. The van der Waals surface area contributed by atoms with Gasteiger partial charge in [-0.3, -0.25) is 4.99 Å². The zero-order chi connectivity index (χ0) is 19.0. The summed E-state index contributed by atoms with van der Waals surface area (Å²) >= 11 is 6.30. The Morgan fingerprint density at radius 2 is 2.22 bits per heavy atom. The number of nitrogens with one attached hydrogen (secondary N) is 2. The van der Waals surface area contributed by atoms with Crippen LogP contribution in [-0.4, -0.2) is 55.9 Å². The molecule has 0 bridgehead atoms. The summed E-state index contributed by atoms with van der Waals surface area (Å²) in [6.07, 6.45) is 5.60.